The monoisotopic (exact) mass is 566 g/mol. The van der Waals surface area contributed by atoms with Gasteiger partial charge in [-0.1, -0.05) is 97.1 Å². The maximum absolute atomic E-state index is 5.46. The number of thiophene rings is 1. The highest BCUT2D eigenvalue weighted by molar-refractivity contribution is 7.26. The molecular formula is C38H22N4S. The van der Waals surface area contributed by atoms with Crippen molar-refractivity contribution in [2.24, 2.45) is 0 Å². The smallest absolute Gasteiger partial charge is 0.235 e. The lowest BCUT2D eigenvalue weighted by atomic mass is 10.0. The molecule has 4 nitrogen and oxygen atoms in total. The molecule has 0 bridgehead atoms. The molecule has 0 saturated heterocycles. The molecule has 0 atom stereocenters. The average molecular weight is 567 g/mol. The first-order valence-electron chi connectivity index (χ1n) is 14.4. The van der Waals surface area contributed by atoms with Crippen LogP contribution in [0.2, 0.25) is 0 Å². The van der Waals surface area contributed by atoms with E-state index in [2.05, 4.69) is 137 Å². The van der Waals surface area contributed by atoms with E-state index in [1.165, 1.54) is 41.7 Å². The highest BCUT2D eigenvalue weighted by Gasteiger charge is 2.22. The number of rotatable bonds is 2. The molecule has 43 heavy (non-hydrogen) atoms. The molecule has 0 saturated carbocycles. The van der Waals surface area contributed by atoms with Crippen molar-refractivity contribution >= 4 is 86.0 Å². The first-order valence-corrected chi connectivity index (χ1v) is 15.3. The van der Waals surface area contributed by atoms with Gasteiger partial charge in [-0.3, -0.25) is 4.57 Å². The van der Waals surface area contributed by atoms with Crippen molar-refractivity contribution in [2.75, 3.05) is 0 Å². The number of H-pyrrole nitrogens is 1. The molecular weight excluding hydrogens is 545 g/mol. The Balaban J connectivity index is 1.43. The third kappa shape index (κ3) is 3.14. The third-order valence-electron chi connectivity index (χ3n) is 8.76. The molecule has 6 aromatic carbocycles. The number of benzene rings is 6. The first kappa shape index (κ1) is 23.1. The normalized spacial score (nSPS) is 12.2. The van der Waals surface area contributed by atoms with E-state index >= 15 is 0 Å². The van der Waals surface area contributed by atoms with E-state index in [1.807, 2.05) is 11.3 Å². The molecule has 200 valence electrons. The number of aromatic amines is 1. The second-order valence-corrected chi connectivity index (χ2v) is 12.2. The van der Waals surface area contributed by atoms with Gasteiger partial charge in [0.1, 0.15) is 0 Å². The molecule has 5 heteroatoms. The predicted octanol–water partition coefficient (Wildman–Crippen LogP) is 10.4. The van der Waals surface area contributed by atoms with Gasteiger partial charge in [0, 0.05) is 58.2 Å². The second kappa shape index (κ2) is 8.51. The number of para-hydroxylation sites is 2. The third-order valence-corrected chi connectivity index (χ3v) is 9.89. The van der Waals surface area contributed by atoms with Crippen molar-refractivity contribution in [3.05, 3.63) is 127 Å². The fraction of sp³-hybridized carbons (Fsp3) is 0. The Morgan fingerprint density at radius 2 is 1.26 bits per heavy atom. The minimum atomic E-state index is 0.673. The van der Waals surface area contributed by atoms with E-state index in [4.69, 9.17) is 9.97 Å². The van der Waals surface area contributed by atoms with Gasteiger partial charge in [-0.05, 0) is 30.3 Å². The summed E-state index contributed by atoms with van der Waals surface area (Å²) >= 11 is 1.82. The SMILES string of the molecule is c1ccc(-c2nc(-n3c4ccccc4c4ccc5c6ccccc6[nH]c5c43)nc3c2ccc2sc4ccccc4c23)cc1. The minimum Gasteiger partial charge on any atom is -0.353 e. The lowest BCUT2D eigenvalue weighted by molar-refractivity contribution is 1.02. The Kier molecular flexibility index (Phi) is 4.57. The Hall–Kier alpha value is -5.52. The second-order valence-electron chi connectivity index (χ2n) is 11.1. The van der Waals surface area contributed by atoms with Crippen LogP contribution in [-0.2, 0) is 0 Å². The van der Waals surface area contributed by atoms with Crippen LogP contribution in [0.15, 0.2) is 127 Å². The summed E-state index contributed by atoms with van der Waals surface area (Å²) in [4.78, 5) is 14.6. The van der Waals surface area contributed by atoms with Gasteiger partial charge in [0.15, 0.2) is 0 Å². The van der Waals surface area contributed by atoms with Crippen LogP contribution in [0.5, 0.6) is 0 Å². The fourth-order valence-corrected chi connectivity index (χ4v) is 7.99. The molecule has 0 aliphatic heterocycles. The zero-order valence-electron chi connectivity index (χ0n) is 22.9. The zero-order chi connectivity index (χ0) is 28.1. The summed E-state index contributed by atoms with van der Waals surface area (Å²) in [5.41, 5.74) is 7.39. The van der Waals surface area contributed by atoms with Crippen molar-refractivity contribution in [1.82, 2.24) is 19.5 Å². The Morgan fingerprint density at radius 1 is 0.535 bits per heavy atom. The summed E-state index contributed by atoms with van der Waals surface area (Å²) in [5, 5.41) is 8.26. The highest BCUT2D eigenvalue weighted by Crippen LogP contribution is 2.42. The van der Waals surface area contributed by atoms with Gasteiger partial charge in [0.05, 0.1) is 27.8 Å². The molecule has 1 N–H and O–H groups in total. The summed E-state index contributed by atoms with van der Waals surface area (Å²) < 4.78 is 4.77. The number of aromatic nitrogens is 4. The van der Waals surface area contributed by atoms with E-state index in [0.717, 1.165) is 44.2 Å². The summed E-state index contributed by atoms with van der Waals surface area (Å²) in [5.74, 6) is 0.673. The first-order chi connectivity index (χ1) is 21.3. The lowest BCUT2D eigenvalue weighted by Gasteiger charge is -2.13. The van der Waals surface area contributed by atoms with Crippen LogP contribution in [0.4, 0.5) is 0 Å². The number of hydrogen-bond acceptors (Lipinski definition) is 3. The van der Waals surface area contributed by atoms with E-state index in [-0.39, 0.29) is 0 Å². The van der Waals surface area contributed by atoms with Crippen molar-refractivity contribution in [3.63, 3.8) is 0 Å². The van der Waals surface area contributed by atoms with Gasteiger partial charge in [0.25, 0.3) is 0 Å². The molecule has 10 rings (SSSR count). The molecule has 4 aromatic heterocycles. The molecule has 0 amide bonds. The summed E-state index contributed by atoms with van der Waals surface area (Å²) in [6.07, 6.45) is 0. The van der Waals surface area contributed by atoms with Crippen LogP contribution in [0.25, 0.3) is 91.9 Å². The van der Waals surface area contributed by atoms with E-state index < -0.39 is 0 Å². The van der Waals surface area contributed by atoms with Crippen molar-refractivity contribution in [1.29, 1.82) is 0 Å². The Labute approximate surface area is 249 Å². The molecule has 0 fully saturated rings. The Bertz CT molecular complexity index is 2730. The molecule has 10 aromatic rings. The maximum atomic E-state index is 5.46. The summed E-state index contributed by atoms with van der Waals surface area (Å²) in [6, 6.07) is 45.2. The molecule has 4 heterocycles. The van der Waals surface area contributed by atoms with Gasteiger partial charge in [0.2, 0.25) is 5.95 Å². The number of fused-ring (bicyclic) bond motifs is 12. The van der Waals surface area contributed by atoms with Crippen LogP contribution >= 0.6 is 11.3 Å². The highest BCUT2D eigenvalue weighted by atomic mass is 32.1. The zero-order valence-corrected chi connectivity index (χ0v) is 23.7. The average Bonchev–Trinajstić information content (AvgIpc) is 3.74. The van der Waals surface area contributed by atoms with Gasteiger partial charge in [-0.15, -0.1) is 11.3 Å². The number of nitrogens with zero attached hydrogens (tertiary/aromatic N) is 3. The van der Waals surface area contributed by atoms with Gasteiger partial charge in [-0.25, -0.2) is 9.97 Å². The van der Waals surface area contributed by atoms with Crippen molar-refractivity contribution < 1.29 is 0 Å². The number of hydrogen-bond donors (Lipinski definition) is 1. The van der Waals surface area contributed by atoms with Crippen molar-refractivity contribution in [2.45, 2.75) is 0 Å². The topological polar surface area (TPSA) is 46.5 Å². The maximum Gasteiger partial charge on any atom is 0.235 e. The molecule has 0 unspecified atom stereocenters. The standard InChI is InChI=1S/C38H22N4S/c1-2-10-22(11-3-1)34-28-20-21-32-33(27-14-6-9-17-31(27)43-32)35(28)41-38(40-34)42-30-16-8-5-13-24(30)26-19-18-25-23-12-4-7-15-29(23)39-36(25)37(26)42/h1-21,39H. The van der Waals surface area contributed by atoms with Crippen LogP contribution in [0, 0.1) is 0 Å². The van der Waals surface area contributed by atoms with E-state index in [0.29, 0.717) is 5.95 Å². The van der Waals surface area contributed by atoms with Gasteiger partial charge >= 0.3 is 0 Å². The molecule has 0 aliphatic rings. The summed E-state index contributed by atoms with van der Waals surface area (Å²) in [7, 11) is 0. The van der Waals surface area contributed by atoms with Crippen LogP contribution in [0.1, 0.15) is 0 Å². The van der Waals surface area contributed by atoms with Crippen LogP contribution in [-0.4, -0.2) is 19.5 Å². The Morgan fingerprint density at radius 3 is 2.16 bits per heavy atom. The van der Waals surface area contributed by atoms with Crippen molar-refractivity contribution in [3.8, 4) is 17.2 Å². The predicted molar refractivity (Wildman–Crippen MR) is 182 cm³/mol. The van der Waals surface area contributed by atoms with Crippen LogP contribution in [0.3, 0.4) is 0 Å². The quantitative estimate of drug-likeness (QED) is 0.226. The van der Waals surface area contributed by atoms with Crippen LogP contribution < -0.4 is 0 Å². The van der Waals surface area contributed by atoms with E-state index in [9.17, 15) is 0 Å². The largest absolute Gasteiger partial charge is 0.353 e. The number of nitrogens with one attached hydrogen (secondary N) is 1. The summed E-state index contributed by atoms with van der Waals surface area (Å²) in [6.45, 7) is 0. The fourth-order valence-electron chi connectivity index (χ4n) is 6.89. The molecule has 0 spiro atoms. The van der Waals surface area contributed by atoms with Gasteiger partial charge in [-0.2, -0.15) is 0 Å². The van der Waals surface area contributed by atoms with Gasteiger partial charge < -0.3 is 4.98 Å². The molecule has 0 aliphatic carbocycles. The minimum absolute atomic E-state index is 0.673. The molecule has 0 radical (unpaired) electrons. The lowest BCUT2D eigenvalue weighted by Crippen LogP contribution is -2.04. The van der Waals surface area contributed by atoms with E-state index in [1.54, 1.807) is 0 Å².